The first-order chi connectivity index (χ1) is 7.86. The highest BCUT2D eigenvalue weighted by Crippen LogP contribution is 2.22. The molecule has 4 nitrogen and oxygen atoms in total. The van der Waals surface area contributed by atoms with Gasteiger partial charge >= 0.3 is 0 Å². The van der Waals surface area contributed by atoms with Gasteiger partial charge in [-0.05, 0) is 30.3 Å². The topological polar surface area (TPSA) is 42.8 Å². The van der Waals surface area contributed by atoms with Gasteiger partial charge in [0.25, 0.3) is 0 Å². The Bertz CT molecular complexity index is 610. The summed E-state index contributed by atoms with van der Waals surface area (Å²) in [6.45, 7) is 0. The molecule has 0 atom stereocenters. The second-order valence-electron chi connectivity index (χ2n) is 3.56. The van der Waals surface area contributed by atoms with E-state index in [0.717, 1.165) is 22.5 Å². The molecule has 2 heterocycles. The fourth-order valence-corrected chi connectivity index (χ4v) is 1.76. The molecule has 3 aromatic rings. The van der Waals surface area contributed by atoms with E-state index >= 15 is 0 Å². The van der Waals surface area contributed by atoms with Gasteiger partial charge < -0.3 is 9.72 Å². The molecule has 0 bridgehead atoms. The van der Waals surface area contributed by atoms with Crippen molar-refractivity contribution in [3.05, 3.63) is 42.7 Å². The quantitative estimate of drug-likeness (QED) is 0.710. The van der Waals surface area contributed by atoms with Gasteiger partial charge in [0.1, 0.15) is 11.6 Å². The third-order valence-corrected chi connectivity index (χ3v) is 2.56. The maximum Gasteiger partial charge on any atom is 0.132 e. The molecule has 16 heavy (non-hydrogen) atoms. The molecule has 2 aromatic heterocycles. The minimum absolute atomic E-state index is 0.860. The van der Waals surface area contributed by atoms with Crippen molar-refractivity contribution in [1.82, 2.24) is 14.8 Å². The zero-order valence-electron chi connectivity index (χ0n) is 8.84. The fraction of sp³-hybridized carbons (Fsp3) is 0.0833. The third-order valence-electron chi connectivity index (χ3n) is 2.56. The molecule has 0 fully saturated rings. The molecule has 0 saturated carbocycles. The summed E-state index contributed by atoms with van der Waals surface area (Å²) < 4.78 is 6.98. The van der Waals surface area contributed by atoms with E-state index < -0.39 is 0 Å². The van der Waals surface area contributed by atoms with Gasteiger partial charge in [-0.2, -0.15) is 5.10 Å². The van der Waals surface area contributed by atoms with Crippen LogP contribution in [0.15, 0.2) is 42.7 Å². The summed E-state index contributed by atoms with van der Waals surface area (Å²) in [4.78, 5) is 3.29. The van der Waals surface area contributed by atoms with E-state index in [4.69, 9.17) is 4.74 Å². The van der Waals surface area contributed by atoms with E-state index in [9.17, 15) is 0 Å². The molecule has 4 heteroatoms. The second kappa shape index (κ2) is 3.41. The number of aromatic nitrogens is 3. The van der Waals surface area contributed by atoms with E-state index in [2.05, 4.69) is 10.1 Å². The Balaban J connectivity index is 2.16. The van der Waals surface area contributed by atoms with Crippen LogP contribution in [0.3, 0.4) is 0 Å². The monoisotopic (exact) mass is 213 g/mol. The number of aromatic amines is 1. The number of hydrogen-bond acceptors (Lipinski definition) is 2. The van der Waals surface area contributed by atoms with Gasteiger partial charge in [-0.25, -0.2) is 4.68 Å². The highest BCUT2D eigenvalue weighted by atomic mass is 16.5. The van der Waals surface area contributed by atoms with Crippen LogP contribution in [0.5, 0.6) is 5.75 Å². The van der Waals surface area contributed by atoms with Gasteiger partial charge in [0.2, 0.25) is 0 Å². The summed E-state index contributed by atoms with van der Waals surface area (Å²) in [5.41, 5.74) is 1.08. The molecule has 80 valence electrons. The van der Waals surface area contributed by atoms with E-state index in [0.29, 0.717) is 0 Å². The van der Waals surface area contributed by atoms with Crippen LogP contribution in [-0.4, -0.2) is 21.9 Å². The molecule has 0 unspecified atom stereocenters. The van der Waals surface area contributed by atoms with Crippen LogP contribution in [0.4, 0.5) is 0 Å². The largest absolute Gasteiger partial charge is 0.497 e. The lowest BCUT2D eigenvalue weighted by Gasteiger charge is -1.97. The van der Waals surface area contributed by atoms with Crippen molar-refractivity contribution in [2.75, 3.05) is 7.11 Å². The Kier molecular flexibility index (Phi) is 1.93. The predicted octanol–water partition coefficient (Wildman–Crippen LogP) is 2.36. The first-order valence-electron chi connectivity index (χ1n) is 5.03. The zero-order valence-corrected chi connectivity index (χ0v) is 8.84. The van der Waals surface area contributed by atoms with Crippen molar-refractivity contribution in [2.45, 2.75) is 0 Å². The normalized spacial score (nSPS) is 10.8. The van der Waals surface area contributed by atoms with Gasteiger partial charge in [0, 0.05) is 23.3 Å². The average molecular weight is 213 g/mol. The van der Waals surface area contributed by atoms with Crippen LogP contribution >= 0.6 is 0 Å². The fourth-order valence-electron chi connectivity index (χ4n) is 1.76. The number of nitrogens with one attached hydrogen (secondary N) is 1. The van der Waals surface area contributed by atoms with Crippen LogP contribution < -0.4 is 4.74 Å². The smallest absolute Gasteiger partial charge is 0.132 e. The maximum atomic E-state index is 5.19. The van der Waals surface area contributed by atoms with Crippen molar-refractivity contribution in [1.29, 1.82) is 0 Å². The zero-order chi connectivity index (χ0) is 11.0. The molecule has 1 aromatic carbocycles. The Morgan fingerprint density at radius 3 is 3.00 bits per heavy atom. The number of rotatable bonds is 2. The minimum atomic E-state index is 0.860. The number of benzene rings is 1. The molecule has 0 radical (unpaired) electrons. The predicted molar refractivity (Wildman–Crippen MR) is 62.0 cm³/mol. The average Bonchev–Trinajstić information content (AvgIpc) is 2.96. The number of nitrogens with zero attached hydrogens (tertiary/aromatic N) is 2. The number of ether oxygens (including phenoxy) is 1. The molecule has 0 spiro atoms. The maximum absolute atomic E-state index is 5.19. The summed E-state index contributed by atoms with van der Waals surface area (Å²) in [5, 5.41) is 5.29. The molecule has 1 N–H and O–H groups in total. The molecule has 0 saturated heterocycles. The van der Waals surface area contributed by atoms with Crippen molar-refractivity contribution in [3.8, 4) is 11.6 Å². The molecule has 0 amide bonds. The Morgan fingerprint density at radius 1 is 1.31 bits per heavy atom. The van der Waals surface area contributed by atoms with E-state index in [1.165, 1.54) is 0 Å². The SMILES string of the molecule is COc1ccc2[nH]c(-n3cccn3)cc2c1. The van der Waals surface area contributed by atoms with Gasteiger partial charge in [-0.3, -0.25) is 0 Å². The molecule has 3 rings (SSSR count). The van der Waals surface area contributed by atoms with Gasteiger partial charge in [0.15, 0.2) is 0 Å². The summed E-state index contributed by atoms with van der Waals surface area (Å²) in [7, 11) is 1.67. The van der Waals surface area contributed by atoms with Crippen LogP contribution in [0.25, 0.3) is 16.7 Å². The summed E-state index contributed by atoms with van der Waals surface area (Å²) in [6, 6.07) is 9.88. The van der Waals surface area contributed by atoms with Crippen LogP contribution in [-0.2, 0) is 0 Å². The lowest BCUT2D eigenvalue weighted by Crippen LogP contribution is -1.92. The number of fused-ring (bicyclic) bond motifs is 1. The van der Waals surface area contributed by atoms with Crippen molar-refractivity contribution >= 4 is 10.9 Å². The highest BCUT2D eigenvalue weighted by Gasteiger charge is 2.03. The van der Waals surface area contributed by atoms with Crippen LogP contribution in [0.1, 0.15) is 0 Å². The standard InChI is InChI=1S/C12H11N3O/c1-16-10-3-4-11-9(7-10)8-12(14-11)15-6-2-5-13-15/h2-8,14H,1H3. The van der Waals surface area contributed by atoms with Gasteiger partial charge in [-0.1, -0.05) is 0 Å². The molecule has 0 aliphatic heterocycles. The summed E-state index contributed by atoms with van der Waals surface area (Å²) in [6.07, 6.45) is 3.66. The Morgan fingerprint density at radius 2 is 2.25 bits per heavy atom. The molecule has 0 aliphatic carbocycles. The molecular formula is C12H11N3O. The van der Waals surface area contributed by atoms with Crippen molar-refractivity contribution < 1.29 is 4.74 Å². The van der Waals surface area contributed by atoms with Crippen LogP contribution in [0.2, 0.25) is 0 Å². The Hall–Kier alpha value is -2.23. The summed E-state index contributed by atoms with van der Waals surface area (Å²) >= 11 is 0. The highest BCUT2D eigenvalue weighted by molar-refractivity contribution is 5.83. The number of methoxy groups -OCH3 is 1. The lowest BCUT2D eigenvalue weighted by atomic mass is 10.2. The van der Waals surface area contributed by atoms with E-state index in [1.54, 1.807) is 18.0 Å². The summed E-state index contributed by atoms with van der Waals surface area (Å²) in [5.74, 6) is 1.81. The van der Waals surface area contributed by atoms with E-state index in [1.807, 2.05) is 36.5 Å². The Labute approximate surface area is 92.5 Å². The van der Waals surface area contributed by atoms with Crippen molar-refractivity contribution in [3.63, 3.8) is 0 Å². The third kappa shape index (κ3) is 1.35. The minimum Gasteiger partial charge on any atom is -0.497 e. The van der Waals surface area contributed by atoms with Crippen LogP contribution in [0, 0.1) is 0 Å². The number of hydrogen-bond donors (Lipinski definition) is 1. The number of H-pyrrole nitrogens is 1. The first-order valence-corrected chi connectivity index (χ1v) is 5.03. The molecular weight excluding hydrogens is 202 g/mol. The van der Waals surface area contributed by atoms with Gasteiger partial charge in [0.05, 0.1) is 7.11 Å². The van der Waals surface area contributed by atoms with Gasteiger partial charge in [-0.15, -0.1) is 0 Å². The molecule has 0 aliphatic rings. The second-order valence-corrected chi connectivity index (χ2v) is 3.56. The first kappa shape index (κ1) is 9.03. The van der Waals surface area contributed by atoms with Crippen molar-refractivity contribution in [2.24, 2.45) is 0 Å². The van der Waals surface area contributed by atoms with E-state index in [-0.39, 0.29) is 0 Å². The lowest BCUT2D eigenvalue weighted by molar-refractivity contribution is 0.415.